The molecule has 1 aliphatic heterocycles. The number of hydrogen-bond acceptors (Lipinski definition) is 6. The van der Waals surface area contributed by atoms with Gasteiger partial charge in [-0.1, -0.05) is 55.5 Å². The van der Waals surface area contributed by atoms with Crippen molar-refractivity contribution in [2.75, 3.05) is 25.0 Å². The number of benzene rings is 1. The van der Waals surface area contributed by atoms with Crippen LogP contribution in [0.2, 0.25) is 0 Å². The van der Waals surface area contributed by atoms with Crippen LogP contribution >= 0.6 is 11.3 Å². The summed E-state index contributed by atoms with van der Waals surface area (Å²) in [5.41, 5.74) is 2.01. The molecule has 4 rings (SSSR count). The third kappa shape index (κ3) is 4.10. The maximum atomic E-state index is 12.2. The molecule has 2 aromatic heterocycles. The number of fused-ring (bicyclic) bond motifs is 1. The number of piperidine rings is 1. The number of likely N-dealkylation sites (tertiary alicyclic amines) is 1. The van der Waals surface area contributed by atoms with Gasteiger partial charge in [0.15, 0.2) is 0 Å². The molecule has 3 heterocycles. The first-order chi connectivity index (χ1) is 13.6. The van der Waals surface area contributed by atoms with Gasteiger partial charge in [-0.2, -0.15) is 4.52 Å². The van der Waals surface area contributed by atoms with E-state index in [9.17, 15) is 4.79 Å². The number of nitrogens with one attached hydrogen (secondary N) is 1. The zero-order chi connectivity index (χ0) is 19.5. The van der Waals surface area contributed by atoms with Gasteiger partial charge in [0.25, 0.3) is 5.56 Å². The summed E-state index contributed by atoms with van der Waals surface area (Å²) >= 11 is 1.44. The highest BCUT2D eigenvalue weighted by atomic mass is 32.1. The minimum Gasteiger partial charge on any atom is -0.358 e. The van der Waals surface area contributed by atoms with Gasteiger partial charge < -0.3 is 5.32 Å². The van der Waals surface area contributed by atoms with Crippen molar-refractivity contribution in [2.45, 2.75) is 39.2 Å². The first kappa shape index (κ1) is 19.1. The van der Waals surface area contributed by atoms with Crippen LogP contribution in [0.25, 0.3) is 4.96 Å². The Kier molecular flexibility index (Phi) is 5.73. The summed E-state index contributed by atoms with van der Waals surface area (Å²) in [7, 11) is 0. The van der Waals surface area contributed by atoms with E-state index >= 15 is 0 Å². The smallest absolute Gasteiger partial charge is 0.275 e. The van der Waals surface area contributed by atoms with Crippen LogP contribution in [0, 0.1) is 5.92 Å². The Bertz CT molecular complexity index is 975. The molecule has 0 saturated carbocycles. The first-order valence-corrected chi connectivity index (χ1v) is 10.9. The van der Waals surface area contributed by atoms with E-state index in [4.69, 9.17) is 0 Å². The summed E-state index contributed by atoms with van der Waals surface area (Å²) < 4.78 is 1.40. The van der Waals surface area contributed by atoms with Gasteiger partial charge in [0.2, 0.25) is 10.1 Å². The standard InChI is InChI=1S/C21H27N5OS/c1-3-17-13-19(27)26-21(23-17)28-20(24-26)22-14-18(16-7-5-4-6-8-16)25-11-9-15(2)10-12-25/h4-8,13,15,18H,3,9-12,14H2,1-2H3,(H,22,24). The lowest BCUT2D eigenvalue weighted by Gasteiger charge is -2.37. The molecule has 0 amide bonds. The van der Waals surface area contributed by atoms with Crippen LogP contribution in [0.1, 0.15) is 44.0 Å². The molecule has 28 heavy (non-hydrogen) atoms. The quantitative estimate of drug-likeness (QED) is 0.689. The van der Waals surface area contributed by atoms with Crippen molar-refractivity contribution < 1.29 is 0 Å². The van der Waals surface area contributed by atoms with Gasteiger partial charge in [0, 0.05) is 18.3 Å². The average molecular weight is 398 g/mol. The molecule has 1 saturated heterocycles. The third-order valence-electron chi connectivity index (χ3n) is 5.55. The fourth-order valence-electron chi connectivity index (χ4n) is 3.77. The SMILES string of the molecule is CCc1cc(=O)n2nc(NCC(c3ccccc3)N3CCC(C)CC3)sc2n1. The van der Waals surface area contributed by atoms with Crippen molar-refractivity contribution in [1.29, 1.82) is 0 Å². The third-order valence-corrected chi connectivity index (χ3v) is 6.42. The van der Waals surface area contributed by atoms with Gasteiger partial charge >= 0.3 is 0 Å². The minimum atomic E-state index is -0.115. The summed E-state index contributed by atoms with van der Waals surface area (Å²) in [4.78, 5) is 20.0. The van der Waals surface area contributed by atoms with Crippen molar-refractivity contribution in [3.63, 3.8) is 0 Å². The molecule has 1 fully saturated rings. The topological polar surface area (TPSA) is 62.5 Å². The Morgan fingerprint density at radius 1 is 1.25 bits per heavy atom. The first-order valence-electron chi connectivity index (χ1n) is 10.1. The van der Waals surface area contributed by atoms with Crippen LogP contribution in [0.15, 0.2) is 41.2 Å². The van der Waals surface area contributed by atoms with E-state index in [2.05, 4.69) is 57.6 Å². The molecule has 1 N–H and O–H groups in total. The maximum Gasteiger partial charge on any atom is 0.275 e. The summed E-state index contributed by atoms with van der Waals surface area (Å²) in [6, 6.07) is 12.5. The molecule has 1 aliphatic rings. The lowest BCUT2D eigenvalue weighted by molar-refractivity contribution is 0.143. The number of hydrogen-bond donors (Lipinski definition) is 1. The van der Waals surface area contributed by atoms with E-state index in [1.54, 1.807) is 6.07 Å². The Morgan fingerprint density at radius 2 is 2.00 bits per heavy atom. The summed E-state index contributed by atoms with van der Waals surface area (Å²) in [6.45, 7) is 7.33. The molecule has 1 aromatic carbocycles. The molecule has 1 unspecified atom stereocenters. The number of rotatable bonds is 6. The predicted octanol–water partition coefficient (Wildman–Crippen LogP) is 3.60. The van der Waals surface area contributed by atoms with Crippen molar-refractivity contribution in [1.82, 2.24) is 19.5 Å². The largest absolute Gasteiger partial charge is 0.358 e. The van der Waals surface area contributed by atoms with E-state index in [1.165, 1.54) is 34.3 Å². The molecule has 148 valence electrons. The van der Waals surface area contributed by atoms with Gasteiger partial charge in [0.05, 0.1) is 6.04 Å². The van der Waals surface area contributed by atoms with E-state index in [-0.39, 0.29) is 11.6 Å². The Hall–Kier alpha value is -2.25. The molecule has 0 bridgehead atoms. The summed E-state index contributed by atoms with van der Waals surface area (Å²) in [5.74, 6) is 0.801. The zero-order valence-corrected chi connectivity index (χ0v) is 17.3. The van der Waals surface area contributed by atoms with Crippen molar-refractivity contribution in [3.8, 4) is 0 Å². The fraction of sp³-hybridized carbons (Fsp3) is 0.476. The number of anilines is 1. The summed E-state index contributed by atoms with van der Waals surface area (Å²) in [5, 5.41) is 8.65. The number of aryl methyl sites for hydroxylation is 1. The van der Waals surface area contributed by atoms with Crippen LogP contribution in [-0.2, 0) is 6.42 Å². The van der Waals surface area contributed by atoms with Gasteiger partial charge in [-0.05, 0) is 43.8 Å². The number of aromatic nitrogens is 3. The molecule has 0 aliphatic carbocycles. The molecule has 0 spiro atoms. The Balaban J connectivity index is 1.55. The van der Waals surface area contributed by atoms with E-state index in [0.717, 1.165) is 42.8 Å². The normalized spacial score (nSPS) is 17.1. The van der Waals surface area contributed by atoms with Crippen molar-refractivity contribution in [2.24, 2.45) is 5.92 Å². The lowest BCUT2D eigenvalue weighted by Crippen LogP contribution is -2.39. The highest BCUT2D eigenvalue weighted by molar-refractivity contribution is 7.20. The maximum absolute atomic E-state index is 12.2. The monoisotopic (exact) mass is 397 g/mol. The van der Waals surface area contributed by atoms with E-state index < -0.39 is 0 Å². The van der Waals surface area contributed by atoms with Crippen LogP contribution in [0.5, 0.6) is 0 Å². The minimum absolute atomic E-state index is 0.115. The average Bonchev–Trinajstić information content (AvgIpc) is 3.14. The molecule has 6 nitrogen and oxygen atoms in total. The van der Waals surface area contributed by atoms with Gasteiger partial charge in [-0.3, -0.25) is 9.69 Å². The van der Waals surface area contributed by atoms with Gasteiger partial charge in [0.1, 0.15) is 0 Å². The van der Waals surface area contributed by atoms with E-state index in [0.29, 0.717) is 4.96 Å². The second-order valence-corrected chi connectivity index (χ2v) is 8.52. The molecular weight excluding hydrogens is 370 g/mol. The lowest BCUT2D eigenvalue weighted by atomic mass is 9.96. The van der Waals surface area contributed by atoms with E-state index in [1.807, 2.05) is 6.92 Å². The van der Waals surface area contributed by atoms with Gasteiger partial charge in [-0.15, -0.1) is 5.10 Å². The number of nitrogens with zero attached hydrogens (tertiary/aromatic N) is 4. The van der Waals surface area contributed by atoms with Crippen molar-refractivity contribution >= 4 is 21.4 Å². The van der Waals surface area contributed by atoms with Crippen LogP contribution in [-0.4, -0.2) is 39.1 Å². The molecule has 3 aromatic rings. The second-order valence-electron chi connectivity index (χ2n) is 7.57. The van der Waals surface area contributed by atoms with Crippen molar-refractivity contribution in [3.05, 3.63) is 58.0 Å². The molecule has 1 atom stereocenters. The summed E-state index contributed by atoms with van der Waals surface area (Å²) in [6.07, 6.45) is 3.23. The predicted molar refractivity (Wildman–Crippen MR) is 114 cm³/mol. The highest BCUT2D eigenvalue weighted by Crippen LogP contribution is 2.28. The second kappa shape index (κ2) is 8.41. The molecule has 7 heteroatoms. The zero-order valence-electron chi connectivity index (χ0n) is 16.5. The molecule has 0 radical (unpaired) electrons. The Labute approximate surface area is 169 Å². The van der Waals surface area contributed by atoms with Crippen LogP contribution < -0.4 is 10.9 Å². The Morgan fingerprint density at radius 3 is 2.71 bits per heavy atom. The van der Waals surface area contributed by atoms with Crippen LogP contribution in [0.3, 0.4) is 0 Å². The molecular formula is C21H27N5OS. The van der Waals surface area contributed by atoms with Crippen LogP contribution in [0.4, 0.5) is 5.13 Å². The fourth-order valence-corrected chi connectivity index (χ4v) is 4.60. The highest BCUT2D eigenvalue weighted by Gasteiger charge is 2.24. The van der Waals surface area contributed by atoms with Gasteiger partial charge in [-0.25, -0.2) is 4.98 Å².